The molecule has 2 N–H and O–H groups in total. The van der Waals surface area contributed by atoms with Crippen LogP contribution in [0.2, 0.25) is 0 Å². The van der Waals surface area contributed by atoms with Crippen LogP contribution < -0.4 is 14.8 Å². The van der Waals surface area contributed by atoms with E-state index in [-0.39, 0.29) is 24.8 Å². The number of fused-ring (bicyclic) bond motifs is 1. The summed E-state index contributed by atoms with van der Waals surface area (Å²) in [6.45, 7) is 4.26. The van der Waals surface area contributed by atoms with Crippen LogP contribution in [0.15, 0.2) is 23.1 Å². The third kappa shape index (κ3) is 4.97. The molecule has 10 heteroatoms. The first-order chi connectivity index (χ1) is 16.8. The summed E-state index contributed by atoms with van der Waals surface area (Å²) >= 11 is 0.851. The van der Waals surface area contributed by atoms with Crippen molar-refractivity contribution in [3.63, 3.8) is 0 Å². The van der Waals surface area contributed by atoms with Gasteiger partial charge in [0.1, 0.15) is 5.69 Å². The number of carbonyl (C=O) groups excluding carboxylic acids is 4. The maximum absolute atomic E-state index is 12.8. The molecule has 2 aliphatic rings. The normalized spacial score (nSPS) is 16.6. The van der Waals surface area contributed by atoms with Crippen LogP contribution in [0.3, 0.4) is 0 Å². The number of Topliss-reactive ketones (excluding diaryl/α,β-unsaturated/α-hetero) is 1. The Labute approximate surface area is 207 Å². The van der Waals surface area contributed by atoms with E-state index in [0.717, 1.165) is 35.2 Å². The van der Waals surface area contributed by atoms with Crippen LogP contribution in [0.1, 0.15) is 57.4 Å². The SMILES string of the molecule is CCOc1ccc(/C=C2\SC(=O)N(CCNC(=O)c3[nH]c4c(c3C)C(=O)CCC4)C2=O)cc1OC. The van der Waals surface area contributed by atoms with Gasteiger partial charge in [-0.05, 0) is 67.8 Å². The number of rotatable bonds is 8. The summed E-state index contributed by atoms with van der Waals surface area (Å²) in [4.78, 5) is 54.6. The summed E-state index contributed by atoms with van der Waals surface area (Å²) in [5.74, 6) is 0.394. The van der Waals surface area contributed by atoms with Crippen molar-refractivity contribution in [2.75, 3.05) is 26.8 Å². The molecule has 0 radical (unpaired) electrons. The highest BCUT2D eigenvalue weighted by Gasteiger charge is 2.35. The maximum Gasteiger partial charge on any atom is 0.293 e. The van der Waals surface area contributed by atoms with Crippen molar-refractivity contribution in [2.24, 2.45) is 0 Å². The van der Waals surface area contributed by atoms with Crippen molar-refractivity contribution in [3.05, 3.63) is 51.2 Å². The number of nitrogens with zero attached hydrogens (tertiary/aromatic N) is 1. The van der Waals surface area contributed by atoms with E-state index >= 15 is 0 Å². The van der Waals surface area contributed by atoms with Gasteiger partial charge in [0.25, 0.3) is 17.1 Å². The molecule has 1 saturated heterocycles. The molecule has 3 amide bonds. The molecule has 35 heavy (non-hydrogen) atoms. The number of methoxy groups -OCH3 is 1. The van der Waals surface area contributed by atoms with E-state index < -0.39 is 11.1 Å². The standard InChI is InChI=1S/C25H27N3O6S/c1-4-34-18-9-8-15(12-19(18)33-3)13-20-24(31)28(25(32)35-20)11-10-26-23(30)22-14(2)21-16(27-22)6-5-7-17(21)29/h8-9,12-13,27H,4-7,10-11H2,1-3H3,(H,26,30)/b20-13-. The van der Waals surface area contributed by atoms with Crippen molar-refractivity contribution in [3.8, 4) is 11.5 Å². The van der Waals surface area contributed by atoms with Crippen LogP contribution in [0, 0.1) is 6.92 Å². The van der Waals surface area contributed by atoms with Gasteiger partial charge in [-0.15, -0.1) is 0 Å². The monoisotopic (exact) mass is 497 g/mol. The van der Waals surface area contributed by atoms with Gasteiger partial charge in [0.2, 0.25) is 0 Å². The minimum absolute atomic E-state index is 0.0404. The lowest BCUT2D eigenvalue weighted by Gasteiger charge is -2.13. The summed E-state index contributed by atoms with van der Waals surface area (Å²) < 4.78 is 10.8. The van der Waals surface area contributed by atoms with E-state index in [1.807, 2.05) is 6.92 Å². The second-order valence-electron chi connectivity index (χ2n) is 8.19. The fraction of sp³-hybridized carbons (Fsp3) is 0.360. The molecule has 1 aliphatic heterocycles. The highest BCUT2D eigenvalue weighted by atomic mass is 32.2. The quantitative estimate of drug-likeness (QED) is 0.534. The largest absolute Gasteiger partial charge is 0.493 e. The lowest BCUT2D eigenvalue weighted by atomic mass is 9.94. The fourth-order valence-corrected chi connectivity index (χ4v) is 5.13. The van der Waals surface area contributed by atoms with Crippen LogP contribution in [0.25, 0.3) is 6.08 Å². The molecular weight excluding hydrogens is 470 g/mol. The van der Waals surface area contributed by atoms with Gasteiger partial charge in [-0.3, -0.25) is 24.1 Å². The lowest BCUT2D eigenvalue weighted by molar-refractivity contribution is -0.122. The molecule has 1 fully saturated rings. The molecule has 9 nitrogen and oxygen atoms in total. The highest BCUT2D eigenvalue weighted by Crippen LogP contribution is 2.34. The van der Waals surface area contributed by atoms with Crippen molar-refractivity contribution in [1.82, 2.24) is 15.2 Å². The number of amides is 3. The summed E-state index contributed by atoms with van der Waals surface area (Å²) in [6, 6.07) is 5.27. The fourth-order valence-electron chi connectivity index (χ4n) is 4.26. The third-order valence-corrected chi connectivity index (χ3v) is 6.85. The number of carbonyl (C=O) groups is 4. The average molecular weight is 498 g/mol. The van der Waals surface area contributed by atoms with Gasteiger partial charge in [-0.1, -0.05) is 6.07 Å². The Morgan fingerprint density at radius 3 is 2.74 bits per heavy atom. The van der Waals surface area contributed by atoms with E-state index in [1.165, 1.54) is 7.11 Å². The number of thioether (sulfide) groups is 1. The number of aromatic nitrogens is 1. The van der Waals surface area contributed by atoms with E-state index in [4.69, 9.17) is 9.47 Å². The second-order valence-corrected chi connectivity index (χ2v) is 9.18. The molecule has 0 unspecified atom stereocenters. The van der Waals surface area contributed by atoms with Gasteiger partial charge in [-0.25, -0.2) is 0 Å². The number of ketones is 1. The van der Waals surface area contributed by atoms with Gasteiger partial charge in [0, 0.05) is 30.8 Å². The highest BCUT2D eigenvalue weighted by molar-refractivity contribution is 8.18. The van der Waals surface area contributed by atoms with E-state index in [1.54, 1.807) is 31.2 Å². The van der Waals surface area contributed by atoms with Crippen LogP contribution in [0.4, 0.5) is 4.79 Å². The van der Waals surface area contributed by atoms with Crippen molar-refractivity contribution < 1.29 is 28.7 Å². The molecule has 0 saturated carbocycles. The van der Waals surface area contributed by atoms with Crippen LogP contribution in [-0.4, -0.2) is 59.5 Å². The van der Waals surface area contributed by atoms with E-state index in [0.29, 0.717) is 51.8 Å². The molecule has 0 atom stereocenters. The average Bonchev–Trinajstić information content (AvgIpc) is 3.32. The molecule has 4 rings (SSSR count). The molecular formula is C25H27N3O6S. The van der Waals surface area contributed by atoms with Gasteiger partial charge in [-0.2, -0.15) is 0 Å². The Morgan fingerprint density at radius 2 is 2.03 bits per heavy atom. The number of ether oxygens (including phenoxy) is 2. The van der Waals surface area contributed by atoms with Gasteiger partial charge in [0.15, 0.2) is 17.3 Å². The van der Waals surface area contributed by atoms with Crippen molar-refractivity contribution in [2.45, 2.75) is 33.1 Å². The zero-order valence-corrected chi connectivity index (χ0v) is 20.7. The van der Waals surface area contributed by atoms with Crippen LogP contribution in [-0.2, 0) is 11.2 Å². The molecule has 0 bridgehead atoms. The van der Waals surface area contributed by atoms with E-state index in [2.05, 4.69) is 10.3 Å². The number of nitrogens with one attached hydrogen (secondary N) is 2. The minimum Gasteiger partial charge on any atom is -0.493 e. The molecule has 1 aromatic carbocycles. The van der Waals surface area contributed by atoms with Crippen molar-refractivity contribution in [1.29, 1.82) is 0 Å². The first kappa shape index (κ1) is 24.6. The number of benzene rings is 1. The molecule has 2 heterocycles. The molecule has 184 valence electrons. The van der Waals surface area contributed by atoms with E-state index in [9.17, 15) is 19.2 Å². The molecule has 0 spiro atoms. The molecule has 1 aliphatic carbocycles. The van der Waals surface area contributed by atoms with Crippen molar-refractivity contribution >= 4 is 40.7 Å². The Kier molecular flexibility index (Phi) is 7.30. The molecule has 1 aromatic heterocycles. The number of aromatic amines is 1. The first-order valence-electron chi connectivity index (χ1n) is 11.4. The smallest absolute Gasteiger partial charge is 0.293 e. The van der Waals surface area contributed by atoms with Gasteiger partial charge in [0.05, 0.1) is 18.6 Å². The summed E-state index contributed by atoms with van der Waals surface area (Å²) in [7, 11) is 1.53. The second kappa shape index (κ2) is 10.4. The van der Waals surface area contributed by atoms with Gasteiger partial charge >= 0.3 is 0 Å². The van der Waals surface area contributed by atoms with Crippen LogP contribution in [0.5, 0.6) is 11.5 Å². The minimum atomic E-state index is -0.417. The Morgan fingerprint density at radius 1 is 1.23 bits per heavy atom. The summed E-state index contributed by atoms with van der Waals surface area (Å²) in [6.07, 6.45) is 3.62. The Balaban J connectivity index is 1.39. The lowest BCUT2D eigenvalue weighted by Crippen LogP contribution is -2.37. The van der Waals surface area contributed by atoms with Gasteiger partial charge < -0.3 is 19.8 Å². The first-order valence-corrected chi connectivity index (χ1v) is 12.2. The summed E-state index contributed by atoms with van der Waals surface area (Å²) in [5, 5.41) is 2.35. The topological polar surface area (TPSA) is 118 Å². The number of H-pyrrole nitrogens is 1. The zero-order chi connectivity index (χ0) is 25.1. The predicted molar refractivity (Wildman–Crippen MR) is 132 cm³/mol. The summed E-state index contributed by atoms with van der Waals surface area (Å²) in [5.41, 5.74) is 3.10. The molecule has 2 aromatic rings. The maximum atomic E-state index is 12.8. The third-order valence-electron chi connectivity index (χ3n) is 5.94. The Bertz CT molecular complexity index is 1230. The number of hydrogen-bond donors (Lipinski definition) is 2. The van der Waals surface area contributed by atoms with Crippen LogP contribution >= 0.6 is 11.8 Å². The number of aryl methyl sites for hydroxylation is 1. The number of imide groups is 1. The predicted octanol–water partition coefficient (Wildman–Crippen LogP) is 3.72. The zero-order valence-electron chi connectivity index (χ0n) is 19.9. The Hall–Kier alpha value is -3.53. The number of hydrogen-bond acceptors (Lipinski definition) is 7.